The van der Waals surface area contributed by atoms with Crippen LogP contribution in [0.1, 0.15) is 60.4 Å². The lowest BCUT2D eigenvalue weighted by atomic mass is 9.81. The minimum absolute atomic E-state index is 0.506. The highest BCUT2D eigenvalue weighted by Gasteiger charge is 2.25. The molecule has 1 atom stereocenters. The molecule has 1 unspecified atom stereocenters. The molecule has 0 saturated carbocycles. The van der Waals surface area contributed by atoms with Gasteiger partial charge in [0.2, 0.25) is 0 Å². The lowest BCUT2D eigenvalue weighted by Gasteiger charge is -2.22. The lowest BCUT2D eigenvalue weighted by Crippen LogP contribution is -2.09. The minimum atomic E-state index is 0.506. The monoisotopic (exact) mass is 404 g/mol. The Balaban J connectivity index is 1.71. The molecule has 0 spiro atoms. The van der Waals surface area contributed by atoms with Crippen molar-refractivity contribution in [3.8, 4) is 11.1 Å². The van der Waals surface area contributed by atoms with Crippen LogP contribution in [-0.2, 0) is 25.7 Å². The molecule has 1 aliphatic carbocycles. The fraction of sp³-hybridized carbons (Fsp3) is 0.290. The summed E-state index contributed by atoms with van der Waals surface area (Å²) in [7, 11) is 0. The summed E-state index contributed by atoms with van der Waals surface area (Å²) in [6.07, 6.45) is 6.93. The Morgan fingerprint density at radius 3 is 2.29 bits per heavy atom. The van der Waals surface area contributed by atoms with Gasteiger partial charge < -0.3 is 0 Å². The van der Waals surface area contributed by atoms with Crippen LogP contribution in [-0.4, -0.2) is 0 Å². The van der Waals surface area contributed by atoms with Gasteiger partial charge in [-0.05, 0) is 81.3 Å². The van der Waals surface area contributed by atoms with Gasteiger partial charge in [-0.3, -0.25) is 0 Å². The quantitative estimate of drug-likeness (QED) is 0.314. The van der Waals surface area contributed by atoms with Gasteiger partial charge in [-0.2, -0.15) is 0 Å². The van der Waals surface area contributed by atoms with Gasteiger partial charge in [-0.15, -0.1) is 0 Å². The third-order valence-corrected chi connectivity index (χ3v) is 6.94. The number of hydrogen-bond donors (Lipinski definition) is 0. The van der Waals surface area contributed by atoms with Crippen molar-refractivity contribution >= 4 is 10.8 Å². The molecule has 5 rings (SSSR count). The Morgan fingerprint density at radius 2 is 1.42 bits per heavy atom. The predicted molar refractivity (Wildman–Crippen MR) is 134 cm³/mol. The molecule has 0 heterocycles. The van der Waals surface area contributed by atoms with Crippen molar-refractivity contribution in [1.82, 2.24) is 0 Å². The molecule has 4 aromatic carbocycles. The molecule has 0 fully saturated rings. The topological polar surface area (TPSA) is 0 Å². The zero-order valence-electron chi connectivity index (χ0n) is 18.8. The lowest BCUT2D eigenvalue weighted by molar-refractivity contribution is 0.682. The van der Waals surface area contributed by atoms with Gasteiger partial charge in [-0.1, -0.05) is 106 Å². The van der Waals surface area contributed by atoms with Crippen molar-refractivity contribution in [2.75, 3.05) is 0 Å². The zero-order chi connectivity index (χ0) is 21.2. The standard InChI is InChI=1S/C31H32/c1-3-9-22-15-18-29-26(19-22)21-27(20-25-12-6-7-13-28(25)29)31-24(10-4-2)17-16-23-11-5-8-14-30(23)31/h5-8,11-19,27H,3-4,9-10,20-21H2,1-2H3. The van der Waals surface area contributed by atoms with Crippen LogP contribution < -0.4 is 0 Å². The van der Waals surface area contributed by atoms with E-state index in [2.05, 4.69) is 92.7 Å². The Kier molecular flexibility index (Phi) is 5.64. The van der Waals surface area contributed by atoms with E-state index >= 15 is 0 Å². The maximum absolute atomic E-state index is 2.50. The Morgan fingerprint density at radius 1 is 0.677 bits per heavy atom. The smallest absolute Gasteiger partial charge is 0.00717 e. The van der Waals surface area contributed by atoms with E-state index in [1.54, 1.807) is 5.56 Å². The molecule has 0 N–H and O–H groups in total. The van der Waals surface area contributed by atoms with Crippen molar-refractivity contribution in [1.29, 1.82) is 0 Å². The molecule has 0 aromatic heterocycles. The molecule has 0 radical (unpaired) electrons. The van der Waals surface area contributed by atoms with E-state index in [1.807, 2.05) is 0 Å². The van der Waals surface area contributed by atoms with Crippen molar-refractivity contribution in [2.45, 2.75) is 58.3 Å². The van der Waals surface area contributed by atoms with Gasteiger partial charge in [-0.25, -0.2) is 0 Å². The van der Waals surface area contributed by atoms with Gasteiger partial charge in [0.25, 0.3) is 0 Å². The van der Waals surface area contributed by atoms with Crippen LogP contribution >= 0.6 is 0 Å². The molecule has 0 bridgehead atoms. The fourth-order valence-corrected chi connectivity index (χ4v) is 5.60. The Hall–Kier alpha value is -2.86. The molecular weight excluding hydrogens is 372 g/mol. The van der Waals surface area contributed by atoms with Gasteiger partial charge >= 0.3 is 0 Å². The third-order valence-electron chi connectivity index (χ3n) is 6.94. The molecule has 0 saturated heterocycles. The maximum Gasteiger partial charge on any atom is -0.00717 e. The maximum atomic E-state index is 2.50. The molecule has 4 aromatic rings. The van der Waals surface area contributed by atoms with Crippen LogP contribution in [0.25, 0.3) is 21.9 Å². The highest BCUT2D eigenvalue weighted by atomic mass is 14.3. The molecule has 156 valence electrons. The van der Waals surface area contributed by atoms with Crippen molar-refractivity contribution < 1.29 is 0 Å². The first-order valence-electron chi connectivity index (χ1n) is 12.0. The van der Waals surface area contributed by atoms with Crippen molar-refractivity contribution in [3.05, 3.63) is 107 Å². The van der Waals surface area contributed by atoms with E-state index in [9.17, 15) is 0 Å². The second-order valence-corrected chi connectivity index (χ2v) is 9.11. The van der Waals surface area contributed by atoms with Crippen LogP contribution in [0.15, 0.2) is 78.9 Å². The predicted octanol–water partition coefficient (Wildman–Crippen LogP) is 8.29. The van der Waals surface area contributed by atoms with Crippen molar-refractivity contribution in [3.63, 3.8) is 0 Å². The number of fused-ring (bicyclic) bond motifs is 4. The van der Waals surface area contributed by atoms with E-state index in [0.29, 0.717) is 5.92 Å². The molecule has 0 aliphatic heterocycles. The van der Waals surface area contributed by atoms with E-state index in [1.165, 1.54) is 57.0 Å². The molecule has 0 amide bonds. The third kappa shape index (κ3) is 3.81. The molecule has 0 heteroatoms. The summed E-state index contributed by atoms with van der Waals surface area (Å²) in [5.74, 6) is 0.506. The fourth-order valence-electron chi connectivity index (χ4n) is 5.60. The van der Waals surface area contributed by atoms with Crippen LogP contribution in [0.4, 0.5) is 0 Å². The van der Waals surface area contributed by atoms with Crippen LogP contribution in [0.3, 0.4) is 0 Å². The van der Waals surface area contributed by atoms with Gasteiger partial charge in [0.1, 0.15) is 0 Å². The number of benzene rings is 4. The highest BCUT2D eigenvalue weighted by molar-refractivity contribution is 5.88. The van der Waals surface area contributed by atoms with Crippen LogP contribution in [0, 0.1) is 0 Å². The van der Waals surface area contributed by atoms with Gasteiger partial charge in [0.15, 0.2) is 0 Å². The molecule has 0 nitrogen and oxygen atoms in total. The minimum Gasteiger partial charge on any atom is -0.0651 e. The molecule has 1 aliphatic rings. The second-order valence-electron chi connectivity index (χ2n) is 9.11. The van der Waals surface area contributed by atoms with E-state index in [-0.39, 0.29) is 0 Å². The summed E-state index contributed by atoms with van der Waals surface area (Å²) >= 11 is 0. The highest BCUT2D eigenvalue weighted by Crippen LogP contribution is 2.41. The largest absolute Gasteiger partial charge is 0.0651 e. The van der Waals surface area contributed by atoms with Crippen LogP contribution in [0.5, 0.6) is 0 Å². The molecular formula is C31H32. The van der Waals surface area contributed by atoms with Gasteiger partial charge in [0, 0.05) is 0 Å². The number of rotatable bonds is 5. The average Bonchev–Trinajstić information content (AvgIpc) is 2.95. The first kappa shape index (κ1) is 20.1. The van der Waals surface area contributed by atoms with Crippen LogP contribution in [0.2, 0.25) is 0 Å². The average molecular weight is 405 g/mol. The number of hydrogen-bond acceptors (Lipinski definition) is 0. The Labute approximate surface area is 187 Å². The second kappa shape index (κ2) is 8.71. The molecule has 31 heavy (non-hydrogen) atoms. The van der Waals surface area contributed by atoms with E-state index < -0.39 is 0 Å². The normalized spacial score (nSPS) is 15.4. The summed E-state index contributed by atoms with van der Waals surface area (Å²) in [5.41, 5.74) is 10.5. The van der Waals surface area contributed by atoms with Gasteiger partial charge in [0.05, 0.1) is 0 Å². The summed E-state index contributed by atoms with van der Waals surface area (Å²) in [5, 5.41) is 2.82. The number of aryl methyl sites for hydroxylation is 2. The zero-order valence-corrected chi connectivity index (χ0v) is 18.8. The Bertz CT molecular complexity index is 1210. The van der Waals surface area contributed by atoms with Crippen molar-refractivity contribution in [2.24, 2.45) is 0 Å². The van der Waals surface area contributed by atoms with E-state index in [4.69, 9.17) is 0 Å². The SMILES string of the molecule is CCCc1ccc2c(c1)CC(c1c(CCC)ccc3ccccc13)Cc1ccccc1-2. The summed E-state index contributed by atoms with van der Waals surface area (Å²) in [6, 6.07) is 30.0. The summed E-state index contributed by atoms with van der Waals surface area (Å²) < 4.78 is 0. The first-order chi connectivity index (χ1) is 15.3. The summed E-state index contributed by atoms with van der Waals surface area (Å²) in [6.45, 7) is 4.57. The first-order valence-corrected chi connectivity index (χ1v) is 12.0. The van der Waals surface area contributed by atoms with E-state index in [0.717, 1.165) is 25.7 Å². The summed E-state index contributed by atoms with van der Waals surface area (Å²) in [4.78, 5) is 0.